The van der Waals surface area contributed by atoms with Crippen molar-refractivity contribution in [1.82, 2.24) is 9.55 Å². The largest absolute Gasteiger partial charge is 0.491 e. The Kier molecular flexibility index (Phi) is 7.24. The SMILES string of the molecule is Cn1ccnc1/C(=C/c1cccc(B(O)OC(C)(C)C(C)(C)O)c1)c1ccc(S(C)(=O)=O)cc1. The summed E-state index contributed by atoms with van der Waals surface area (Å²) < 4.78 is 31.4. The Hall–Kier alpha value is -2.72. The highest BCUT2D eigenvalue weighted by molar-refractivity contribution is 7.90. The summed E-state index contributed by atoms with van der Waals surface area (Å²) in [6, 6.07) is 13.9. The average molecular weight is 482 g/mol. The number of aryl methyl sites for hydroxylation is 1. The number of nitrogens with zero attached hydrogens (tertiary/aromatic N) is 2. The van der Waals surface area contributed by atoms with Crippen molar-refractivity contribution in [1.29, 1.82) is 0 Å². The Morgan fingerprint density at radius 2 is 1.76 bits per heavy atom. The van der Waals surface area contributed by atoms with E-state index in [0.717, 1.165) is 16.7 Å². The molecule has 0 radical (unpaired) electrons. The summed E-state index contributed by atoms with van der Waals surface area (Å²) in [6.45, 7) is 6.71. The molecule has 0 atom stereocenters. The van der Waals surface area contributed by atoms with Crippen LogP contribution in [0.4, 0.5) is 0 Å². The highest BCUT2D eigenvalue weighted by atomic mass is 32.2. The molecule has 180 valence electrons. The quantitative estimate of drug-likeness (QED) is 0.378. The first-order chi connectivity index (χ1) is 15.7. The summed E-state index contributed by atoms with van der Waals surface area (Å²) >= 11 is 0. The fraction of sp³-hybridized carbons (Fsp3) is 0.320. The van der Waals surface area contributed by atoms with Gasteiger partial charge in [-0.15, -0.1) is 0 Å². The zero-order valence-electron chi connectivity index (χ0n) is 20.4. The molecule has 3 rings (SSSR count). The van der Waals surface area contributed by atoms with E-state index in [1.54, 1.807) is 70.3 Å². The molecule has 2 aromatic carbocycles. The number of benzene rings is 2. The van der Waals surface area contributed by atoms with Crippen molar-refractivity contribution in [2.75, 3.05) is 6.26 Å². The molecule has 0 aliphatic heterocycles. The van der Waals surface area contributed by atoms with Crippen LogP contribution < -0.4 is 5.46 Å². The molecule has 0 aliphatic rings. The van der Waals surface area contributed by atoms with Crippen LogP contribution in [0.25, 0.3) is 11.6 Å². The van der Waals surface area contributed by atoms with Gasteiger partial charge in [0.1, 0.15) is 5.82 Å². The van der Waals surface area contributed by atoms with Gasteiger partial charge >= 0.3 is 7.12 Å². The second-order valence-corrected chi connectivity index (χ2v) is 11.4. The minimum absolute atomic E-state index is 0.243. The van der Waals surface area contributed by atoms with Gasteiger partial charge in [0, 0.05) is 31.3 Å². The number of imidazole rings is 1. The monoisotopic (exact) mass is 482 g/mol. The van der Waals surface area contributed by atoms with E-state index in [1.165, 1.54) is 6.26 Å². The molecule has 9 heteroatoms. The molecule has 0 unspecified atom stereocenters. The van der Waals surface area contributed by atoms with Crippen molar-refractivity contribution in [2.24, 2.45) is 7.05 Å². The van der Waals surface area contributed by atoms with E-state index in [0.29, 0.717) is 11.3 Å². The van der Waals surface area contributed by atoms with E-state index in [4.69, 9.17) is 4.65 Å². The summed E-state index contributed by atoms with van der Waals surface area (Å²) in [5.41, 5.74) is 0.778. The van der Waals surface area contributed by atoms with Gasteiger partial charge in [-0.3, -0.25) is 0 Å². The lowest BCUT2D eigenvalue weighted by Crippen LogP contribution is -2.53. The van der Waals surface area contributed by atoms with Gasteiger partial charge < -0.3 is 19.4 Å². The van der Waals surface area contributed by atoms with Gasteiger partial charge in [0.2, 0.25) is 0 Å². The van der Waals surface area contributed by atoms with Crippen molar-refractivity contribution in [2.45, 2.75) is 43.8 Å². The predicted octanol–water partition coefficient (Wildman–Crippen LogP) is 2.67. The van der Waals surface area contributed by atoms with E-state index in [1.807, 2.05) is 36.0 Å². The molecule has 3 aromatic rings. The summed E-state index contributed by atoms with van der Waals surface area (Å²) in [4.78, 5) is 4.71. The van der Waals surface area contributed by atoms with Crippen LogP contribution in [0.1, 0.15) is 44.6 Å². The third kappa shape index (κ3) is 5.85. The van der Waals surface area contributed by atoms with Crippen LogP contribution in [0, 0.1) is 0 Å². The summed E-state index contributed by atoms with van der Waals surface area (Å²) in [5.74, 6) is 0.706. The number of aromatic nitrogens is 2. The number of sulfone groups is 1. The number of hydrogen-bond acceptors (Lipinski definition) is 6. The summed E-state index contributed by atoms with van der Waals surface area (Å²) in [6.07, 6.45) is 6.63. The first-order valence-corrected chi connectivity index (χ1v) is 12.8. The lowest BCUT2D eigenvalue weighted by atomic mass is 9.76. The van der Waals surface area contributed by atoms with E-state index in [-0.39, 0.29) is 4.90 Å². The van der Waals surface area contributed by atoms with Gasteiger partial charge in [0.25, 0.3) is 0 Å². The molecular formula is C25H31BN2O5S. The second-order valence-electron chi connectivity index (χ2n) is 9.43. The standard InChI is InChI=1S/C25H31BN2O5S/c1-24(2,29)25(3,4)33-26(30)20-9-7-8-18(16-20)17-22(23-27-14-15-28(23)5)19-10-12-21(13-11-19)34(6,31)32/h7-17,29-30H,1-6H3/b22-17+. The lowest BCUT2D eigenvalue weighted by molar-refractivity contribution is -0.0982. The number of aliphatic hydroxyl groups is 1. The van der Waals surface area contributed by atoms with Crippen LogP contribution in [0.5, 0.6) is 0 Å². The summed E-state index contributed by atoms with van der Waals surface area (Å²) in [5, 5.41) is 21.1. The van der Waals surface area contributed by atoms with Gasteiger partial charge in [0.05, 0.1) is 16.1 Å². The van der Waals surface area contributed by atoms with Gasteiger partial charge in [-0.2, -0.15) is 0 Å². The molecule has 34 heavy (non-hydrogen) atoms. The zero-order chi connectivity index (χ0) is 25.3. The summed E-state index contributed by atoms with van der Waals surface area (Å²) in [7, 11) is -2.66. The van der Waals surface area contributed by atoms with Crippen LogP contribution in [-0.4, -0.2) is 52.7 Å². The molecule has 1 aromatic heterocycles. The maximum Gasteiger partial charge on any atom is 0.491 e. The van der Waals surface area contributed by atoms with Crippen LogP contribution in [0.15, 0.2) is 65.8 Å². The molecule has 1 heterocycles. The highest BCUT2D eigenvalue weighted by Crippen LogP contribution is 2.27. The Morgan fingerprint density at radius 3 is 2.29 bits per heavy atom. The Balaban J connectivity index is 2.02. The second kappa shape index (κ2) is 9.50. The van der Waals surface area contributed by atoms with Crippen LogP contribution in [0.3, 0.4) is 0 Å². The third-order valence-electron chi connectivity index (χ3n) is 6.04. The smallest absolute Gasteiger partial charge is 0.423 e. The number of hydrogen-bond donors (Lipinski definition) is 2. The average Bonchev–Trinajstić information content (AvgIpc) is 3.16. The lowest BCUT2D eigenvalue weighted by Gasteiger charge is -2.38. The maximum atomic E-state index is 11.9. The van der Waals surface area contributed by atoms with E-state index in [9.17, 15) is 18.5 Å². The van der Waals surface area contributed by atoms with Gasteiger partial charge in [-0.05, 0) is 62.5 Å². The van der Waals surface area contributed by atoms with Gasteiger partial charge in [0.15, 0.2) is 9.84 Å². The normalized spacial score (nSPS) is 13.2. The minimum Gasteiger partial charge on any atom is -0.423 e. The van der Waals surface area contributed by atoms with Crippen molar-refractivity contribution < 1.29 is 23.2 Å². The van der Waals surface area contributed by atoms with Gasteiger partial charge in [-0.1, -0.05) is 36.4 Å². The Labute approximate surface area is 201 Å². The minimum atomic E-state index is -3.31. The van der Waals surface area contributed by atoms with Crippen LogP contribution in [0.2, 0.25) is 0 Å². The van der Waals surface area contributed by atoms with Crippen molar-refractivity contribution >= 4 is 34.1 Å². The van der Waals surface area contributed by atoms with Crippen LogP contribution in [-0.2, 0) is 21.5 Å². The van der Waals surface area contributed by atoms with Crippen molar-refractivity contribution in [3.05, 3.63) is 77.9 Å². The van der Waals surface area contributed by atoms with E-state index in [2.05, 4.69) is 4.98 Å². The van der Waals surface area contributed by atoms with Crippen molar-refractivity contribution in [3.63, 3.8) is 0 Å². The topological polar surface area (TPSA) is 102 Å². The third-order valence-corrected chi connectivity index (χ3v) is 7.17. The molecule has 0 saturated carbocycles. The molecule has 7 nitrogen and oxygen atoms in total. The Bertz CT molecular complexity index is 1290. The molecule has 0 amide bonds. The molecular weight excluding hydrogens is 451 g/mol. The molecule has 2 N–H and O–H groups in total. The molecule has 0 fully saturated rings. The van der Waals surface area contributed by atoms with Crippen LogP contribution >= 0.6 is 0 Å². The fourth-order valence-corrected chi connectivity index (χ4v) is 3.87. The zero-order valence-corrected chi connectivity index (χ0v) is 21.2. The number of rotatable bonds is 8. The fourth-order valence-electron chi connectivity index (χ4n) is 3.24. The highest BCUT2D eigenvalue weighted by Gasteiger charge is 2.39. The predicted molar refractivity (Wildman–Crippen MR) is 135 cm³/mol. The molecule has 0 spiro atoms. The molecule has 0 aliphatic carbocycles. The first-order valence-electron chi connectivity index (χ1n) is 10.9. The molecule has 0 saturated heterocycles. The first kappa shape index (κ1) is 25.9. The van der Waals surface area contributed by atoms with E-state index >= 15 is 0 Å². The maximum absolute atomic E-state index is 11.9. The molecule has 0 bridgehead atoms. The Morgan fingerprint density at radius 1 is 1.12 bits per heavy atom. The van der Waals surface area contributed by atoms with Gasteiger partial charge in [-0.25, -0.2) is 13.4 Å². The van der Waals surface area contributed by atoms with E-state index < -0.39 is 28.2 Å². The van der Waals surface area contributed by atoms with Crippen molar-refractivity contribution in [3.8, 4) is 0 Å².